The number of likely N-dealkylation sites (N-methyl/N-ethyl adjacent to an activating group) is 1. The number of pyridine rings is 4. The lowest BCUT2D eigenvalue weighted by Crippen LogP contribution is -2.47. The molecule has 12 aromatic heterocycles. The van der Waals surface area contributed by atoms with Crippen LogP contribution in [0.4, 0.5) is 0 Å². The van der Waals surface area contributed by atoms with Gasteiger partial charge >= 0.3 is 0 Å². The van der Waals surface area contributed by atoms with Crippen LogP contribution in [-0.4, -0.2) is 219 Å². The molecule has 4 aliphatic heterocycles. The van der Waals surface area contributed by atoms with Crippen molar-refractivity contribution in [2.75, 3.05) is 112 Å². The van der Waals surface area contributed by atoms with Crippen LogP contribution in [0.5, 0.6) is 0 Å². The van der Waals surface area contributed by atoms with Gasteiger partial charge in [-0.3, -0.25) is 41.7 Å². The van der Waals surface area contributed by atoms with Crippen molar-refractivity contribution in [1.82, 2.24) is 87.7 Å². The van der Waals surface area contributed by atoms with E-state index in [1.54, 1.807) is 24.8 Å². The first-order chi connectivity index (χ1) is 55.1. The number of nitrogens with zero attached hydrogens (tertiary/aromatic N) is 16. The Morgan fingerprint density at radius 2 is 0.708 bits per heavy atom. The topological polar surface area (TPSA) is 306 Å². The summed E-state index contributed by atoms with van der Waals surface area (Å²) in [6.07, 6.45) is 16.0. The zero-order valence-electron chi connectivity index (χ0n) is 63.1. The Balaban J connectivity index is 0.000000109. The number of benzene rings is 4. The van der Waals surface area contributed by atoms with E-state index in [4.69, 9.17) is 31.9 Å². The van der Waals surface area contributed by atoms with Crippen LogP contribution < -0.4 is 10.6 Å². The quantitative estimate of drug-likeness (QED) is 0.115. The maximum atomic E-state index is 13.0. The molecule has 20 rings (SSSR count). The standard InChI is InChI=1S/C22H23N5O3.C21H21N5O2.C21H20N4O3.C20H18N4O3/c1-15-25-18-12-16(2-4-20(18)30-15)17-3-5-21-24-13-19(27(21)14-17)22(28)23-6-7-26-8-10-29-11-9-26;1-14-23-17-11-15(3-5-19(17)28-14)16-4-6-20-22-12-18(26(20)13-16)21(27)25-9-7-24(2)8-10-25;1-13-23-17-10-14(2-4-19(17)28-13)15-3-5-20-22-11-18(25(20)12-15)21(26)24-16-6-8-27-9-7-16;1-13-22-16-10-14(2-4-18(16)27-13)15-3-5-19-21-11-17(24(19)12-15)20(25)23-6-8-26-9-7-23/h2-5,12-14H,6-11H2,1H3,(H,23,28);3-6,11-13H,7-10H2,1-2H3;2-5,10-12,16H,6-9H2,1H3,(H,24,26);2-5,10-12H,6-9H2,1H3. The molecular weight excluding hydrogens is 1440 g/mol. The summed E-state index contributed by atoms with van der Waals surface area (Å²) >= 11 is 0. The van der Waals surface area contributed by atoms with Gasteiger partial charge in [-0.05, 0) is 161 Å². The predicted octanol–water partition coefficient (Wildman–Crippen LogP) is 11.6. The highest BCUT2D eigenvalue weighted by molar-refractivity contribution is 5.96. The van der Waals surface area contributed by atoms with Crippen LogP contribution in [0.2, 0.25) is 0 Å². The molecular formula is C84H82N18O11. The SMILES string of the molecule is Cc1nc2cc(-c3ccc4ncc(C(=O)N5CCN(C)CC5)n4c3)ccc2o1.Cc1nc2cc(-c3ccc4ncc(C(=O)N5CCOCC5)n4c3)ccc2o1.Cc1nc2cc(-c3ccc4ncc(C(=O)NC5CCOCC5)n4c3)ccc2o1.Cc1nc2cc(-c3ccc4ncc(C(=O)NCCN5CCOCC5)n4c3)ccc2o1. The number of amides is 4. The average molecular weight is 1520 g/mol. The molecule has 2 N–H and O–H groups in total. The predicted molar refractivity (Wildman–Crippen MR) is 423 cm³/mol. The zero-order chi connectivity index (χ0) is 77.2. The molecule has 29 heteroatoms. The summed E-state index contributed by atoms with van der Waals surface area (Å²) in [7, 11) is 2.08. The van der Waals surface area contributed by atoms with Crippen LogP contribution >= 0.6 is 0 Å². The van der Waals surface area contributed by atoms with Crippen molar-refractivity contribution < 1.29 is 51.1 Å². The van der Waals surface area contributed by atoms with Crippen molar-refractivity contribution in [3.05, 3.63) is 217 Å². The van der Waals surface area contributed by atoms with Gasteiger partial charge in [0.15, 0.2) is 45.9 Å². The molecule has 4 aliphatic rings. The number of fused-ring (bicyclic) bond motifs is 8. The number of imidazole rings is 4. The van der Waals surface area contributed by atoms with Gasteiger partial charge in [0.2, 0.25) is 0 Å². The van der Waals surface area contributed by atoms with Crippen LogP contribution in [-0.2, 0) is 14.2 Å². The van der Waals surface area contributed by atoms with Crippen molar-refractivity contribution in [1.29, 1.82) is 0 Å². The van der Waals surface area contributed by atoms with Gasteiger partial charge in [0.1, 0.15) is 67.4 Å². The van der Waals surface area contributed by atoms with E-state index in [1.807, 2.05) is 201 Å². The highest BCUT2D eigenvalue weighted by Gasteiger charge is 2.27. The first-order valence-electron chi connectivity index (χ1n) is 37.8. The van der Waals surface area contributed by atoms with Gasteiger partial charge in [0.05, 0.1) is 51.2 Å². The largest absolute Gasteiger partial charge is 0.441 e. The second-order valence-electron chi connectivity index (χ2n) is 28.4. The number of aryl methyl sites for hydroxylation is 4. The van der Waals surface area contributed by atoms with Crippen molar-refractivity contribution in [2.24, 2.45) is 0 Å². The Morgan fingerprint density at radius 1 is 0.381 bits per heavy atom. The smallest absolute Gasteiger partial charge is 0.272 e. The van der Waals surface area contributed by atoms with E-state index >= 15 is 0 Å². The van der Waals surface area contributed by atoms with Crippen molar-refractivity contribution in [3.8, 4) is 44.5 Å². The molecule has 0 unspecified atom stereocenters. The molecule has 4 fully saturated rings. The van der Waals surface area contributed by atoms with Gasteiger partial charge < -0.3 is 57.2 Å². The van der Waals surface area contributed by atoms with E-state index in [1.165, 1.54) is 0 Å². The summed E-state index contributed by atoms with van der Waals surface area (Å²) in [5.41, 5.74) is 19.5. The van der Waals surface area contributed by atoms with Crippen LogP contribution in [0.1, 0.15) is 78.4 Å². The molecule has 4 amide bonds. The Bertz CT molecular complexity index is 6210. The first kappa shape index (κ1) is 73.0. The molecule has 16 aromatic rings. The fourth-order valence-corrected chi connectivity index (χ4v) is 14.6. The Hall–Kier alpha value is -12.8. The number of hydrogen-bond donors (Lipinski definition) is 2. The fraction of sp³-hybridized carbons (Fsp3) is 0.286. The summed E-state index contributed by atoms with van der Waals surface area (Å²) in [5.74, 6) is 2.34. The molecule has 29 nitrogen and oxygen atoms in total. The van der Waals surface area contributed by atoms with Crippen molar-refractivity contribution in [3.63, 3.8) is 0 Å². The monoisotopic (exact) mass is 1520 g/mol. The summed E-state index contributed by atoms with van der Waals surface area (Å²) in [5, 5.41) is 6.10. The second-order valence-corrected chi connectivity index (χ2v) is 28.4. The minimum Gasteiger partial charge on any atom is -0.441 e. The number of carbonyl (C=O) groups excluding carboxylic acids is 4. The number of morpholine rings is 2. The summed E-state index contributed by atoms with van der Waals surface area (Å²) in [4.78, 5) is 94.8. The third-order valence-electron chi connectivity index (χ3n) is 20.7. The van der Waals surface area contributed by atoms with Gasteiger partial charge in [-0.25, -0.2) is 39.9 Å². The Kier molecular flexibility index (Phi) is 20.6. The third-order valence-corrected chi connectivity index (χ3v) is 20.7. The number of hydrogen-bond acceptors (Lipinski definition) is 21. The third kappa shape index (κ3) is 15.8. The number of nitrogens with one attached hydrogen (secondary N) is 2. The molecule has 0 radical (unpaired) electrons. The molecule has 113 heavy (non-hydrogen) atoms. The van der Waals surface area contributed by atoms with E-state index in [-0.39, 0.29) is 29.7 Å². The van der Waals surface area contributed by atoms with E-state index in [0.29, 0.717) is 92.4 Å². The van der Waals surface area contributed by atoms with Gasteiger partial charge in [-0.15, -0.1) is 0 Å². The van der Waals surface area contributed by atoms with Gasteiger partial charge in [-0.2, -0.15) is 0 Å². The Morgan fingerprint density at radius 3 is 1.10 bits per heavy atom. The lowest BCUT2D eigenvalue weighted by molar-refractivity contribution is 0.0298. The van der Waals surface area contributed by atoms with Gasteiger partial charge in [0.25, 0.3) is 23.6 Å². The Labute approximate surface area is 646 Å². The molecule has 0 saturated carbocycles. The van der Waals surface area contributed by atoms with Crippen molar-refractivity contribution in [2.45, 2.75) is 46.6 Å². The number of oxazole rings is 4. The van der Waals surface area contributed by atoms with Gasteiger partial charge in [0, 0.05) is 137 Å². The van der Waals surface area contributed by atoms with Crippen LogP contribution in [0.15, 0.2) is 189 Å². The van der Waals surface area contributed by atoms with Gasteiger partial charge in [-0.1, -0.05) is 24.3 Å². The fourth-order valence-electron chi connectivity index (χ4n) is 14.6. The number of piperazine rings is 1. The lowest BCUT2D eigenvalue weighted by atomic mass is 10.1. The van der Waals surface area contributed by atoms with Crippen LogP contribution in [0, 0.1) is 27.7 Å². The number of carbonyl (C=O) groups is 4. The maximum Gasteiger partial charge on any atom is 0.272 e. The molecule has 4 aromatic carbocycles. The number of rotatable bonds is 12. The minimum atomic E-state index is -0.129. The summed E-state index contributed by atoms with van der Waals surface area (Å²) in [6.45, 7) is 19.1. The number of aromatic nitrogens is 12. The summed E-state index contributed by atoms with van der Waals surface area (Å²) < 4.78 is 45.7. The normalized spacial score (nSPS) is 15.2. The first-order valence-corrected chi connectivity index (χ1v) is 37.8. The van der Waals surface area contributed by atoms with Crippen LogP contribution in [0.25, 0.3) is 111 Å². The second kappa shape index (κ2) is 31.9. The van der Waals surface area contributed by atoms with E-state index in [9.17, 15) is 19.2 Å². The molecule has 16 heterocycles. The van der Waals surface area contributed by atoms with Crippen LogP contribution in [0.3, 0.4) is 0 Å². The van der Waals surface area contributed by atoms with Crippen molar-refractivity contribution >= 4 is 90.6 Å². The molecule has 0 aliphatic carbocycles. The lowest BCUT2D eigenvalue weighted by Gasteiger charge is -2.32. The zero-order valence-corrected chi connectivity index (χ0v) is 63.1. The average Bonchev–Trinajstić information content (AvgIpc) is 1.68. The number of ether oxygens (including phenoxy) is 3. The minimum absolute atomic E-state index is 0.0227. The maximum absolute atomic E-state index is 13.0. The van der Waals surface area contributed by atoms with E-state index in [0.717, 1.165) is 183 Å². The molecule has 0 atom stereocenters. The summed E-state index contributed by atoms with van der Waals surface area (Å²) in [6, 6.07) is 39.5. The molecule has 574 valence electrons. The molecule has 4 saturated heterocycles. The van der Waals surface area contributed by atoms with E-state index in [2.05, 4.69) is 67.4 Å². The highest BCUT2D eigenvalue weighted by Crippen LogP contribution is 2.32. The molecule has 0 spiro atoms. The van der Waals surface area contributed by atoms with E-state index < -0.39 is 0 Å². The highest BCUT2D eigenvalue weighted by atomic mass is 16.5. The molecule has 0 bridgehead atoms.